The van der Waals surface area contributed by atoms with Gasteiger partial charge >= 0.3 is 0 Å². The zero-order valence-electron chi connectivity index (χ0n) is 7.15. The predicted octanol–water partition coefficient (Wildman–Crippen LogP) is 0.0135. The predicted molar refractivity (Wildman–Crippen MR) is 50.1 cm³/mol. The van der Waals surface area contributed by atoms with Gasteiger partial charge in [0.2, 0.25) is 0 Å². The minimum absolute atomic E-state index is 0.0744. The van der Waals surface area contributed by atoms with Crippen molar-refractivity contribution in [3.8, 4) is 0 Å². The first kappa shape index (κ1) is 8.52. The number of nitrogens with zero attached hydrogens (tertiary/aromatic N) is 1. The summed E-state index contributed by atoms with van der Waals surface area (Å²) in [6.45, 7) is 0. The van der Waals surface area contributed by atoms with Crippen molar-refractivity contribution in [3.63, 3.8) is 0 Å². The third-order valence-electron chi connectivity index (χ3n) is 1.80. The highest BCUT2D eigenvalue weighted by Crippen LogP contribution is 2.17. The van der Waals surface area contributed by atoms with Crippen LogP contribution in [0.3, 0.4) is 0 Å². The second kappa shape index (κ2) is 3.00. The topological polar surface area (TPSA) is 107 Å². The molecule has 1 heterocycles. The molecule has 6 heteroatoms. The molecule has 14 heavy (non-hydrogen) atoms. The Bertz CT molecular complexity index is 491. The molecule has 6 nitrogen and oxygen atoms in total. The molecule has 5 N–H and O–H groups in total. The Hall–Kier alpha value is -2.08. The minimum Gasteiger partial charge on any atom is -0.424 e. The van der Waals surface area contributed by atoms with Gasteiger partial charge in [0, 0.05) is 5.56 Å². The number of nitrogen functional groups attached to an aromatic ring is 2. The van der Waals surface area contributed by atoms with Gasteiger partial charge in [0.25, 0.3) is 11.9 Å². The number of hydrogen-bond donors (Lipinski definition) is 3. The van der Waals surface area contributed by atoms with E-state index in [1.54, 1.807) is 18.2 Å². The number of benzene rings is 1. The van der Waals surface area contributed by atoms with E-state index in [1.807, 2.05) is 5.43 Å². The molecule has 0 aliphatic heterocycles. The molecule has 2 aromatic rings. The molecular formula is C8H8N4O2. The summed E-state index contributed by atoms with van der Waals surface area (Å²) < 4.78 is 5.04. The summed E-state index contributed by atoms with van der Waals surface area (Å²) in [5.74, 6) is 4.60. The summed E-state index contributed by atoms with van der Waals surface area (Å²) in [5.41, 5.74) is 8.85. The molecule has 1 aromatic heterocycles. The van der Waals surface area contributed by atoms with Crippen molar-refractivity contribution in [2.24, 2.45) is 5.84 Å². The molecule has 1 aromatic carbocycles. The number of carbonyl (C=O) groups excluding carboxylic acids is 1. The third-order valence-corrected chi connectivity index (χ3v) is 1.80. The van der Waals surface area contributed by atoms with E-state index in [0.29, 0.717) is 16.7 Å². The molecule has 0 fully saturated rings. The highest BCUT2D eigenvalue weighted by Gasteiger charge is 2.07. The van der Waals surface area contributed by atoms with Gasteiger partial charge in [-0.3, -0.25) is 10.2 Å². The smallest absolute Gasteiger partial charge is 0.292 e. The van der Waals surface area contributed by atoms with Crippen molar-refractivity contribution in [3.05, 3.63) is 23.8 Å². The molecule has 0 radical (unpaired) electrons. The van der Waals surface area contributed by atoms with Crippen LogP contribution in [0, 0.1) is 0 Å². The average Bonchev–Trinajstić information content (AvgIpc) is 2.55. The summed E-state index contributed by atoms with van der Waals surface area (Å²) in [6, 6.07) is 4.82. The summed E-state index contributed by atoms with van der Waals surface area (Å²) in [4.78, 5) is 15.0. The molecule has 0 saturated heterocycles. The lowest BCUT2D eigenvalue weighted by Gasteiger charge is -1.97. The van der Waals surface area contributed by atoms with Gasteiger partial charge in [0.05, 0.1) is 0 Å². The van der Waals surface area contributed by atoms with Crippen LogP contribution < -0.4 is 17.0 Å². The van der Waals surface area contributed by atoms with Crippen LogP contribution >= 0.6 is 0 Å². The average molecular weight is 192 g/mol. The second-order valence-corrected chi connectivity index (χ2v) is 2.71. The number of hydrazine groups is 1. The van der Waals surface area contributed by atoms with Gasteiger partial charge in [0.15, 0.2) is 5.58 Å². The Kier molecular flexibility index (Phi) is 1.83. The summed E-state index contributed by atoms with van der Waals surface area (Å²) >= 11 is 0. The van der Waals surface area contributed by atoms with Gasteiger partial charge in [-0.2, -0.15) is 4.98 Å². The minimum atomic E-state index is -0.381. The van der Waals surface area contributed by atoms with Crippen LogP contribution in [0.2, 0.25) is 0 Å². The van der Waals surface area contributed by atoms with Crippen molar-refractivity contribution >= 4 is 23.0 Å². The molecule has 0 bridgehead atoms. The van der Waals surface area contributed by atoms with Crippen molar-refractivity contribution < 1.29 is 9.21 Å². The highest BCUT2D eigenvalue weighted by molar-refractivity contribution is 5.96. The number of aromatic nitrogens is 1. The third kappa shape index (κ3) is 1.27. The van der Waals surface area contributed by atoms with Crippen molar-refractivity contribution in [2.45, 2.75) is 0 Å². The molecule has 0 aliphatic rings. The molecule has 0 unspecified atom stereocenters. The monoisotopic (exact) mass is 192 g/mol. The maximum atomic E-state index is 11.1. The fourth-order valence-electron chi connectivity index (χ4n) is 1.17. The van der Waals surface area contributed by atoms with Crippen LogP contribution in [0.25, 0.3) is 11.1 Å². The van der Waals surface area contributed by atoms with Gasteiger partial charge in [-0.15, -0.1) is 0 Å². The molecule has 0 spiro atoms. The maximum Gasteiger partial charge on any atom is 0.292 e. The van der Waals surface area contributed by atoms with E-state index in [-0.39, 0.29) is 11.9 Å². The number of rotatable bonds is 1. The first-order valence-electron chi connectivity index (χ1n) is 3.87. The number of anilines is 1. The largest absolute Gasteiger partial charge is 0.424 e. The van der Waals surface area contributed by atoms with Gasteiger partial charge in [-0.05, 0) is 18.2 Å². The second-order valence-electron chi connectivity index (χ2n) is 2.71. The fraction of sp³-hybridized carbons (Fsp3) is 0. The van der Waals surface area contributed by atoms with E-state index >= 15 is 0 Å². The van der Waals surface area contributed by atoms with E-state index in [4.69, 9.17) is 16.0 Å². The maximum absolute atomic E-state index is 11.1. The summed E-state index contributed by atoms with van der Waals surface area (Å²) in [5, 5.41) is 0. The van der Waals surface area contributed by atoms with Crippen LogP contribution in [-0.2, 0) is 0 Å². The lowest BCUT2D eigenvalue weighted by molar-refractivity contribution is 0.0954. The van der Waals surface area contributed by atoms with Crippen LogP contribution in [0.1, 0.15) is 10.4 Å². The Morgan fingerprint density at radius 2 is 2.29 bits per heavy atom. The number of nitrogens with two attached hydrogens (primary N) is 2. The van der Waals surface area contributed by atoms with Gasteiger partial charge in [-0.25, -0.2) is 5.84 Å². The van der Waals surface area contributed by atoms with Crippen LogP contribution in [0.4, 0.5) is 6.01 Å². The van der Waals surface area contributed by atoms with Crippen LogP contribution in [-0.4, -0.2) is 10.9 Å². The Balaban J connectivity index is 2.55. The zero-order chi connectivity index (χ0) is 10.1. The van der Waals surface area contributed by atoms with Crippen molar-refractivity contribution in [1.29, 1.82) is 0 Å². The van der Waals surface area contributed by atoms with Crippen molar-refractivity contribution in [2.75, 3.05) is 5.73 Å². The highest BCUT2D eigenvalue weighted by atomic mass is 16.4. The van der Waals surface area contributed by atoms with Crippen molar-refractivity contribution in [1.82, 2.24) is 10.4 Å². The quantitative estimate of drug-likeness (QED) is 0.335. The normalized spacial score (nSPS) is 10.4. The van der Waals surface area contributed by atoms with E-state index in [9.17, 15) is 4.79 Å². The molecule has 0 aliphatic carbocycles. The van der Waals surface area contributed by atoms with E-state index in [1.165, 1.54) is 0 Å². The number of amides is 1. The molecule has 2 rings (SSSR count). The lowest BCUT2D eigenvalue weighted by atomic mass is 10.2. The number of hydrogen-bond acceptors (Lipinski definition) is 5. The van der Waals surface area contributed by atoms with E-state index < -0.39 is 0 Å². The lowest BCUT2D eigenvalue weighted by Crippen LogP contribution is -2.29. The van der Waals surface area contributed by atoms with E-state index in [0.717, 1.165) is 0 Å². The Labute approximate surface area is 78.9 Å². The van der Waals surface area contributed by atoms with Crippen LogP contribution in [0.5, 0.6) is 0 Å². The summed E-state index contributed by atoms with van der Waals surface area (Å²) in [6.07, 6.45) is 0. The van der Waals surface area contributed by atoms with E-state index in [2.05, 4.69) is 4.98 Å². The Morgan fingerprint density at radius 3 is 3.00 bits per heavy atom. The van der Waals surface area contributed by atoms with Crippen LogP contribution in [0.15, 0.2) is 22.6 Å². The molecule has 1 amide bonds. The zero-order valence-corrected chi connectivity index (χ0v) is 7.15. The number of carbonyl (C=O) groups is 1. The number of nitrogens with one attached hydrogen (secondary N) is 1. The summed E-state index contributed by atoms with van der Waals surface area (Å²) in [7, 11) is 0. The van der Waals surface area contributed by atoms with Gasteiger partial charge in [0.1, 0.15) is 5.52 Å². The first-order valence-corrected chi connectivity index (χ1v) is 3.87. The fourth-order valence-corrected chi connectivity index (χ4v) is 1.17. The van der Waals surface area contributed by atoms with Gasteiger partial charge in [-0.1, -0.05) is 0 Å². The first-order chi connectivity index (χ1) is 6.70. The molecule has 0 saturated carbocycles. The Morgan fingerprint density at radius 1 is 1.50 bits per heavy atom. The molecule has 72 valence electrons. The standard InChI is InChI=1S/C8H8N4O2/c9-8-11-5-3-4(7(13)12-10)1-2-6(5)14-8/h1-3H,10H2,(H2,9,11)(H,12,13). The SMILES string of the molecule is NNC(=O)c1ccc2oc(N)nc2c1. The number of oxazole rings is 1. The number of fused-ring (bicyclic) bond motifs is 1. The molecule has 0 atom stereocenters. The van der Waals surface area contributed by atoms with Gasteiger partial charge < -0.3 is 10.2 Å². The molecular weight excluding hydrogens is 184 g/mol.